The molecule has 2 heterocycles. The van der Waals surface area contributed by atoms with Crippen LogP contribution in [0.4, 0.5) is 5.82 Å². The first kappa shape index (κ1) is 16.7. The van der Waals surface area contributed by atoms with Gasteiger partial charge in [0, 0.05) is 25.7 Å². The van der Waals surface area contributed by atoms with E-state index in [4.69, 9.17) is 4.74 Å². The van der Waals surface area contributed by atoms with Crippen molar-refractivity contribution in [2.45, 2.75) is 52.9 Å². The van der Waals surface area contributed by atoms with Crippen molar-refractivity contribution < 1.29 is 4.74 Å². The average molecular weight is 303 g/mol. The second-order valence-electron chi connectivity index (χ2n) is 6.19. The standard InChI is InChI=1S/C16H25N5O/c1-10(21-8-11(2)22-12(3)9-21)7-18-16-15(6-17)13(4)14(5)19-20-16/h10-12H,7-9H2,1-5H3,(H,18,20)/t10-,11-,12+/m0/s1. The molecule has 0 spiro atoms. The lowest BCUT2D eigenvalue weighted by Gasteiger charge is -2.39. The predicted octanol–water partition coefficient (Wildman–Crippen LogP) is 1.87. The van der Waals surface area contributed by atoms with E-state index in [1.165, 1.54) is 0 Å². The summed E-state index contributed by atoms with van der Waals surface area (Å²) >= 11 is 0. The Kier molecular flexibility index (Phi) is 5.33. The van der Waals surface area contributed by atoms with Gasteiger partial charge >= 0.3 is 0 Å². The number of rotatable bonds is 4. The minimum atomic E-state index is 0.252. The quantitative estimate of drug-likeness (QED) is 0.915. The van der Waals surface area contributed by atoms with Crippen molar-refractivity contribution in [2.75, 3.05) is 25.0 Å². The lowest BCUT2D eigenvalue weighted by Crippen LogP contribution is -2.51. The largest absolute Gasteiger partial charge is 0.373 e. The molecule has 1 N–H and O–H groups in total. The van der Waals surface area contributed by atoms with Crippen LogP contribution in [0, 0.1) is 25.2 Å². The Morgan fingerprint density at radius 1 is 1.32 bits per heavy atom. The van der Waals surface area contributed by atoms with E-state index in [-0.39, 0.29) is 12.2 Å². The van der Waals surface area contributed by atoms with Crippen LogP contribution in [-0.4, -0.2) is 53.0 Å². The highest BCUT2D eigenvalue weighted by Crippen LogP contribution is 2.18. The summed E-state index contributed by atoms with van der Waals surface area (Å²) in [4.78, 5) is 2.41. The molecule has 6 heteroatoms. The van der Waals surface area contributed by atoms with Crippen molar-refractivity contribution >= 4 is 5.82 Å². The predicted molar refractivity (Wildman–Crippen MR) is 85.8 cm³/mol. The van der Waals surface area contributed by atoms with Gasteiger partial charge in [0.2, 0.25) is 0 Å². The van der Waals surface area contributed by atoms with Crippen molar-refractivity contribution in [3.05, 3.63) is 16.8 Å². The molecule has 0 aromatic carbocycles. The summed E-state index contributed by atoms with van der Waals surface area (Å²) in [5.41, 5.74) is 2.27. The van der Waals surface area contributed by atoms with Gasteiger partial charge in [-0.05, 0) is 40.2 Å². The molecule has 1 aliphatic heterocycles. The highest BCUT2D eigenvalue weighted by atomic mass is 16.5. The molecular weight excluding hydrogens is 278 g/mol. The fourth-order valence-corrected chi connectivity index (χ4v) is 2.82. The number of nitrogens with one attached hydrogen (secondary N) is 1. The number of nitrogens with zero attached hydrogens (tertiary/aromatic N) is 4. The normalized spacial score (nSPS) is 23.8. The maximum atomic E-state index is 9.32. The molecule has 3 atom stereocenters. The first-order chi connectivity index (χ1) is 10.4. The van der Waals surface area contributed by atoms with Crippen LogP contribution in [0.2, 0.25) is 0 Å². The van der Waals surface area contributed by atoms with Crippen molar-refractivity contribution in [1.82, 2.24) is 15.1 Å². The maximum Gasteiger partial charge on any atom is 0.166 e. The Bertz CT molecular complexity index is 558. The molecular formula is C16H25N5O. The number of hydrogen-bond donors (Lipinski definition) is 1. The molecule has 1 aromatic heterocycles. The van der Waals surface area contributed by atoms with Crippen LogP contribution in [0.5, 0.6) is 0 Å². The summed E-state index contributed by atoms with van der Waals surface area (Å²) in [7, 11) is 0. The fraction of sp³-hybridized carbons (Fsp3) is 0.688. The summed E-state index contributed by atoms with van der Waals surface area (Å²) in [6.07, 6.45) is 0.504. The molecule has 0 amide bonds. The molecule has 0 radical (unpaired) electrons. The maximum absolute atomic E-state index is 9.32. The Morgan fingerprint density at radius 2 is 1.95 bits per heavy atom. The Hall–Kier alpha value is -1.71. The molecule has 1 saturated heterocycles. The van der Waals surface area contributed by atoms with E-state index in [9.17, 15) is 5.26 Å². The van der Waals surface area contributed by atoms with Crippen LogP contribution in [0.3, 0.4) is 0 Å². The molecule has 1 fully saturated rings. The smallest absolute Gasteiger partial charge is 0.166 e. The Labute approximate surface area is 132 Å². The van der Waals surface area contributed by atoms with Crippen molar-refractivity contribution in [3.8, 4) is 6.07 Å². The van der Waals surface area contributed by atoms with Gasteiger partial charge in [-0.25, -0.2) is 0 Å². The molecule has 1 aliphatic rings. The summed E-state index contributed by atoms with van der Waals surface area (Å²) in [5, 5.41) is 20.8. The highest BCUT2D eigenvalue weighted by Gasteiger charge is 2.25. The van der Waals surface area contributed by atoms with Crippen LogP contribution in [-0.2, 0) is 4.74 Å². The van der Waals surface area contributed by atoms with Gasteiger partial charge in [-0.1, -0.05) is 0 Å². The molecule has 22 heavy (non-hydrogen) atoms. The van der Waals surface area contributed by atoms with Gasteiger partial charge < -0.3 is 10.1 Å². The van der Waals surface area contributed by atoms with Crippen molar-refractivity contribution in [2.24, 2.45) is 0 Å². The van der Waals surface area contributed by atoms with E-state index in [2.05, 4.69) is 47.3 Å². The van der Waals surface area contributed by atoms with Gasteiger partial charge in [0.25, 0.3) is 0 Å². The van der Waals surface area contributed by atoms with Gasteiger partial charge in [0.05, 0.1) is 17.9 Å². The zero-order chi connectivity index (χ0) is 16.3. The SMILES string of the molecule is Cc1nnc(NC[C@H](C)N2C[C@@H](C)O[C@@H](C)C2)c(C#N)c1C. The summed E-state index contributed by atoms with van der Waals surface area (Å²) < 4.78 is 5.77. The average Bonchev–Trinajstić information content (AvgIpc) is 2.47. The van der Waals surface area contributed by atoms with Crippen LogP contribution < -0.4 is 5.32 Å². The molecule has 1 aromatic rings. The van der Waals surface area contributed by atoms with Gasteiger partial charge in [-0.2, -0.15) is 10.4 Å². The van der Waals surface area contributed by atoms with Gasteiger partial charge in [-0.15, -0.1) is 5.10 Å². The second kappa shape index (κ2) is 7.03. The molecule has 0 bridgehead atoms. The number of nitriles is 1. The lowest BCUT2D eigenvalue weighted by molar-refractivity contribution is -0.0769. The van der Waals surface area contributed by atoms with Crippen LogP contribution in [0.1, 0.15) is 37.6 Å². The number of anilines is 1. The highest BCUT2D eigenvalue weighted by molar-refractivity contribution is 5.55. The third-order valence-corrected chi connectivity index (χ3v) is 4.20. The van der Waals surface area contributed by atoms with Crippen molar-refractivity contribution in [1.29, 1.82) is 5.26 Å². The number of aromatic nitrogens is 2. The lowest BCUT2D eigenvalue weighted by atomic mass is 10.1. The minimum absolute atomic E-state index is 0.252. The fourth-order valence-electron chi connectivity index (χ4n) is 2.82. The molecule has 0 unspecified atom stereocenters. The van der Waals surface area contributed by atoms with Crippen molar-refractivity contribution in [3.63, 3.8) is 0 Å². The minimum Gasteiger partial charge on any atom is -0.373 e. The summed E-state index contributed by atoms with van der Waals surface area (Å²) in [5.74, 6) is 0.576. The first-order valence-corrected chi connectivity index (χ1v) is 7.79. The van der Waals surface area contributed by atoms with Gasteiger partial charge in [0.15, 0.2) is 5.82 Å². The molecule has 2 rings (SSSR count). The third-order valence-electron chi connectivity index (χ3n) is 4.20. The topological polar surface area (TPSA) is 74.1 Å². The molecule has 120 valence electrons. The second-order valence-corrected chi connectivity index (χ2v) is 6.19. The summed E-state index contributed by atoms with van der Waals surface area (Å²) in [6, 6.07) is 2.56. The molecule has 0 saturated carbocycles. The number of morpholine rings is 1. The van der Waals surface area contributed by atoms with E-state index < -0.39 is 0 Å². The van der Waals surface area contributed by atoms with E-state index in [1.807, 2.05) is 13.8 Å². The van der Waals surface area contributed by atoms with Gasteiger partial charge in [0.1, 0.15) is 11.6 Å². The zero-order valence-corrected chi connectivity index (χ0v) is 14.1. The van der Waals surface area contributed by atoms with E-state index in [0.29, 0.717) is 17.4 Å². The summed E-state index contributed by atoms with van der Waals surface area (Å²) in [6.45, 7) is 12.7. The zero-order valence-electron chi connectivity index (χ0n) is 14.1. The number of hydrogen-bond acceptors (Lipinski definition) is 6. The van der Waals surface area contributed by atoms with E-state index in [1.54, 1.807) is 0 Å². The van der Waals surface area contributed by atoms with E-state index in [0.717, 1.165) is 30.9 Å². The third kappa shape index (κ3) is 3.73. The number of aryl methyl sites for hydroxylation is 1. The first-order valence-electron chi connectivity index (χ1n) is 7.79. The molecule has 6 nitrogen and oxygen atoms in total. The van der Waals surface area contributed by atoms with Crippen LogP contribution in [0.25, 0.3) is 0 Å². The van der Waals surface area contributed by atoms with Crippen LogP contribution >= 0.6 is 0 Å². The molecule has 0 aliphatic carbocycles. The Morgan fingerprint density at radius 3 is 2.55 bits per heavy atom. The van der Waals surface area contributed by atoms with E-state index >= 15 is 0 Å². The van der Waals surface area contributed by atoms with Crippen LogP contribution in [0.15, 0.2) is 0 Å². The van der Waals surface area contributed by atoms with Gasteiger partial charge in [-0.3, -0.25) is 4.90 Å². The monoisotopic (exact) mass is 303 g/mol. The number of ether oxygens (including phenoxy) is 1. The Balaban J connectivity index is 2.01.